The van der Waals surface area contributed by atoms with Crippen molar-refractivity contribution in [1.82, 2.24) is 9.80 Å². The van der Waals surface area contributed by atoms with Gasteiger partial charge in [0.2, 0.25) is 5.75 Å². The van der Waals surface area contributed by atoms with E-state index >= 15 is 0 Å². The van der Waals surface area contributed by atoms with Crippen molar-refractivity contribution in [2.75, 3.05) is 47.5 Å². The van der Waals surface area contributed by atoms with E-state index in [0.717, 1.165) is 45.6 Å². The largest absolute Gasteiger partial charge is 0.493 e. The highest BCUT2D eigenvalue weighted by Gasteiger charge is 2.28. The van der Waals surface area contributed by atoms with Crippen LogP contribution in [0.15, 0.2) is 66.3 Å². The Balaban J connectivity index is 1.30. The predicted octanol–water partition coefficient (Wildman–Crippen LogP) is 5.24. The first-order chi connectivity index (χ1) is 16.7. The maximum Gasteiger partial charge on any atom is 0.203 e. The zero-order valence-electron chi connectivity index (χ0n) is 20.4. The maximum atomic E-state index is 5.54. The van der Waals surface area contributed by atoms with Crippen molar-refractivity contribution < 1.29 is 14.2 Å². The third kappa shape index (κ3) is 4.38. The van der Waals surface area contributed by atoms with Crippen LogP contribution in [0, 0.1) is 0 Å². The molecule has 1 heterocycles. The second-order valence-electron chi connectivity index (χ2n) is 9.11. The minimum absolute atomic E-state index is 0.318. The molecule has 0 aromatic heterocycles. The van der Waals surface area contributed by atoms with Crippen molar-refractivity contribution in [1.29, 1.82) is 0 Å². The summed E-state index contributed by atoms with van der Waals surface area (Å²) < 4.78 is 16.6. The van der Waals surface area contributed by atoms with Crippen LogP contribution in [0.5, 0.6) is 17.2 Å². The summed E-state index contributed by atoms with van der Waals surface area (Å²) in [6, 6.07) is 13.4. The van der Waals surface area contributed by atoms with Gasteiger partial charge in [-0.1, -0.05) is 48.6 Å². The highest BCUT2D eigenvalue weighted by Crippen LogP contribution is 2.40. The van der Waals surface area contributed by atoms with Crippen LogP contribution in [0.2, 0.25) is 0 Å². The standard InChI is InChI=1S/C29H34N2O3/c1-32-27-18-21(19-28(33-2)29(27)34-3)20-30-14-16-31(17-15-30)26-13-12-22-8-4-5-9-23(22)24-10-6-7-11-25(24)26/h4,6-8,10-13,18-19,26H,5,9,14-17,20H2,1-3H3. The fourth-order valence-electron chi connectivity index (χ4n) is 5.46. The monoisotopic (exact) mass is 458 g/mol. The highest BCUT2D eigenvalue weighted by atomic mass is 16.5. The Morgan fingerprint density at radius 2 is 1.62 bits per heavy atom. The number of piperazine rings is 1. The van der Waals surface area contributed by atoms with Gasteiger partial charge in [-0.15, -0.1) is 0 Å². The lowest BCUT2D eigenvalue weighted by Crippen LogP contribution is -2.46. The average Bonchev–Trinajstić information content (AvgIpc) is 3.06. The molecule has 2 aromatic carbocycles. The average molecular weight is 459 g/mol. The second kappa shape index (κ2) is 10.1. The molecular weight excluding hydrogens is 424 g/mol. The first kappa shape index (κ1) is 22.8. The van der Waals surface area contributed by atoms with Gasteiger partial charge < -0.3 is 14.2 Å². The van der Waals surface area contributed by atoms with E-state index in [1.54, 1.807) is 21.3 Å². The molecule has 0 saturated carbocycles. The number of hydrogen-bond acceptors (Lipinski definition) is 5. The summed E-state index contributed by atoms with van der Waals surface area (Å²) in [5.41, 5.74) is 6.92. The third-order valence-corrected chi connectivity index (χ3v) is 7.20. The van der Waals surface area contributed by atoms with Gasteiger partial charge in [0.1, 0.15) is 0 Å². The zero-order chi connectivity index (χ0) is 23.5. The van der Waals surface area contributed by atoms with Gasteiger partial charge in [0.05, 0.1) is 27.4 Å². The second-order valence-corrected chi connectivity index (χ2v) is 9.11. The lowest BCUT2D eigenvalue weighted by Gasteiger charge is -2.39. The minimum atomic E-state index is 0.318. The van der Waals surface area contributed by atoms with Crippen molar-refractivity contribution in [2.24, 2.45) is 0 Å². The molecule has 3 aliphatic rings. The lowest BCUT2D eigenvalue weighted by atomic mass is 9.89. The molecule has 1 atom stereocenters. The molecule has 2 aliphatic carbocycles. The SMILES string of the molecule is COc1cc(CN2CCN(C3C=CC4=C(CCC=C4)c4ccccc43)CC2)cc(OC)c1OC. The fourth-order valence-corrected chi connectivity index (χ4v) is 5.46. The molecule has 0 radical (unpaired) electrons. The zero-order valence-corrected chi connectivity index (χ0v) is 20.4. The van der Waals surface area contributed by atoms with Crippen molar-refractivity contribution in [3.8, 4) is 17.2 Å². The van der Waals surface area contributed by atoms with Gasteiger partial charge in [-0.05, 0) is 52.8 Å². The van der Waals surface area contributed by atoms with Crippen molar-refractivity contribution in [3.63, 3.8) is 0 Å². The molecule has 34 heavy (non-hydrogen) atoms. The van der Waals surface area contributed by atoms with Crippen molar-refractivity contribution in [2.45, 2.75) is 25.4 Å². The molecule has 0 spiro atoms. The van der Waals surface area contributed by atoms with Gasteiger partial charge in [-0.2, -0.15) is 0 Å². The van der Waals surface area contributed by atoms with Gasteiger partial charge in [-0.25, -0.2) is 0 Å². The number of benzene rings is 2. The number of fused-ring (bicyclic) bond motifs is 2. The smallest absolute Gasteiger partial charge is 0.203 e. The maximum absolute atomic E-state index is 5.54. The highest BCUT2D eigenvalue weighted by molar-refractivity contribution is 5.78. The van der Waals surface area contributed by atoms with E-state index in [1.807, 2.05) is 0 Å². The summed E-state index contributed by atoms with van der Waals surface area (Å²) in [6.45, 7) is 4.98. The molecular formula is C29H34N2O3. The Kier molecular flexibility index (Phi) is 6.75. The normalized spacial score (nSPS) is 20.5. The number of hydrogen-bond donors (Lipinski definition) is 0. The number of nitrogens with zero attached hydrogens (tertiary/aromatic N) is 2. The van der Waals surface area contributed by atoms with E-state index in [9.17, 15) is 0 Å². The van der Waals surface area contributed by atoms with Gasteiger partial charge >= 0.3 is 0 Å². The van der Waals surface area contributed by atoms with Crippen LogP contribution in [0.3, 0.4) is 0 Å². The predicted molar refractivity (Wildman–Crippen MR) is 137 cm³/mol. The van der Waals surface area contributed by atoms with Crippen LogP contribution in [0.1, 0.15) is 35.6 Å². The quantitative estimate of drug-likeness (QED) is 0.591. The van der Waals surface area contributed by atoms with Gasteiger partial charge in [0.25, 0.3) is 0 Å². The summed E-state index contributed by atoms with van der Waals surface area (Å²) in [5.74, 6) is 2.06. The van der Waals surface area contributed by atoms with E-state index < -0.39 is 0 Å². The van der Waals surface area contributed by atoms with Gasteiger partial charge in [0, 0.05) is 32.7 Å². The fraction of sp³-hybridized carbons (Fsp3) is 0.379. The minimum Gasteiger partial charge on any atom is -0.493 e. The molecule has 0 bridgehead atoms. The van der Waals surface area contributed by atoms with Crippen molar-refractivity contribution in [3.05, 3.63) is 83.0 Å². The number of allylic oxidation sites excluding steroid dienone is 5. The summed E-state index contributed by atoms with van der Waals surface area (Å²) in [5, 5.41) is 0. The van der Waals surface area contributed by atoms with E-state index in [0.29, 0.717) is 23.3 Å². The van der Waals surface area contributed by atoms with Crippen LogP contribution < -0.4 is 14.2 Å². The first-order valence-corrected chi connectivity index (χ1v) is 12.1. The summed E-state index contributed by atoms with van der Waals surface area (Å²) in [6.07, 6.45) is 11.6. The van der Waals surface area contributed by atoms with Crippen LogP contribution in [0.4, 0.5) is 0 Å². The Morgan fingerprint density at radius 3 is 2.32 bits per heavy atom. The van der Waals surface area contributed by atoms with E-state index in [-0.39, 0.29) is 0 Å². The summed E-state index contributed by atoms with van der Waals surface area (Å²) >= 11 is 0. The molecule has 0 N–H and O–H groups in total. The molecule has 5 nitrogen and oxygen atoms in total. The lowest BCUT2D eigenvalue weighted by molar-refractivity contribution is 0.107. The van der Waals surface area contributed by atoms with Crippen LogP contribution >= 0.6 is 0 Å². The topological polar surface area (TPSA) is 34.2 Å². The molecule has 178 valence electrons. The number of rotatable bonds is 6. The van der Waals surface area contributed by atoms with E-state index in [2.05, 4.69) is 70.5 Å². The molecule has 1 unspecified atom stereocenters. The molecule has 1 fully saturated rings. The molecule has 2 aromatic rings. The third-order valence-electron chi connectivity index (χ3n) is 7.20. The Bertz CT molecular complexity index is 1100. The Hall–Kier alpha value is -3.02. The Labute approximate surface area is 202 Å². The molecule has 5 heteroatoms. The number of ether oxygens (including phenoxy) is 3. The van der Waals surface area contributed by atoms with E-state index in [4.69, 9.17) is 14.2 Å². The van der Waals surface area contributed by atoms with E-state index in [1.165, 1.54) is 27.8 Å². The Morgan fingerprint density at radius 1 is 0.882 bits per heavy atom. The molecule has 1 saturated heterocycles. The molecule has 1 aliphatic heterocycles. The molecule has 0 amide bonds. The van der Waals surface area contributed by atoms with Crippen molar-refractivity contribution >= 4 is 5.57 Å². The number of methoxy groups -OCH3 is 3. The van der Waals surface area contributed by atoms with Crippen LogP contribution in [0.25, 0.3) is 5.57 Å². The summed E-state index contributed by atoms with van der Waals surface area (Å²) in [4.78, 5) is 5.14. The van der Waals surface area contributed by atoms with Gasteiger partial charge in [0.15, 0.2) is 11.5 Å². The first-order valence-electron chi connectivity index (χ1n) is 12.1. The van der Waals surface area contributed by atoms with Gasteiger partial charge in [-0.3, -0.25) is 9.80 Å². The van der Waals surface area contributed by atoms with Crippen LogP contribution in [-0.2, 0) is 6.54 Å². The molecule has 5 rings (SSSR count). The van der Waals surface area contributed by atoms with Crippen LogP contribution in [-0.4, -0.2) is 57.3 Å². The summed E-state index contributed by atoms with van der Waals surface area (Å²) in [7, 11) is 4.97.